The van der Waals surface area contributed by atoms with Gasteiger partial charge in [-0.1, -0.05) is 38.1 Å². The zero-order chi connectivity index (χ0) is 26.0. The fourth-order valence-electron chi connectivity index (χ4n) is 4.13. The van der Waals surface area contributed by atoms with Crippen molar-refractivity contribution >= 4 is 23.0 Å². The van der Waals surface area contributed by atoms with Crippen LogP contribution in [0.25, 0.3) is 10.9 Å². The number of halogens is 2. The summed E-state index contributed by atoms with van der Waals surface area (Å²) in [5.41, 5.74) is 2.20. The van der Waals surface area contributed by atoms with E-state index >= 15 is 0 Å². The molecular formula is C27H30F2N4O3. The maximum absolute atomic E-state index is 13.8. The van der Waals surface area contributed by atoms with Crippen LogP contribution in [0, 0.1) is 5.92 Å². The molecule has 1 aliphatic heterocycles. The second kappa shape index (κ2) is 10.7. The molecule has 1 aliphatic rings. The molecule has 0 saturated carbocycles. The number of aliphatic hydroxyl groups is 1. The monoisotopic (exact) mass is 496 g/mol. The summed E-state index contributed by atoms with van der Waals surface area (Å²) < 4.78 is 33.0. The Kier molecular flexibility index (Phi) is 7.59. The second-order valence-electron chi connectivity index (χ2n) is 9.15. The number of pyridine rings is 1. The van der Waals surface area contributed by atoms with E-state index in [0.717, 1.165) is 22.9 Å². The van der Waals surface area contributed by atoms with Crippen molar-refractivity contribution < 1.29 is 23.1 Å². The van der Waals surface area contributed by atoms with Crippen molar-refractivity contribution in [2.24, 2.45) is 10.9 Å². The maximum Gasteiger partial charge on any atom is 0.292 e. The highest BCUT2D eigenvalue weighted by Crippen LogP contribution is 2.38. The molecule has 3 aromatic rings. The van der Waals surface area contributed by atoms with Crippen LogP contribution >= 0.6 is 0 Å². The Labute approximate surface area is 208 Å². The highest BCUT2D eigenvalue weighted by atomic mass is 19.3. The Hall–Kier alpha value is -3.46. The van der Waals surface area contributed by atoms with E-state index in [1.165, 1.54) is 11.8 Å². The second-order valence-corrected chi connectivity index (χ2v) is 9.15. The molecule has 0 radical (unpaired) electrons. The predicted octanol–water partition coefficient (Wildman–Crippen LogP) is 6.19. The van der Waals surface area contributed by atoms with Gasteiger partial charge < -0.3 is 14.4 Å². The number of rotatable bonds is 7. The molecule has 2 aromatic heterocycles. The number of aromatic nitrogens is 2. The summed E-state index contributed by atoms with van der Waals surface area (Å²) in [7, 11) is 0. The number of nitrogens with zero attached hydrogens (tertiary/aromatic N) is 4. The van der Waals surface area contributed by atoms with Gasteiger partial charge in [-0.25, -0.2) is 13.8 Å². The van der Waals surface area contributed by atoms with Gasteiger partial charge in [-0.2, -0.15) is 0 Å². The van der Waals surface area contributed by atoms with E-state index in [1.54, 1.807) is 0 Å². The van der Waals surface area contributed by atoms with Crippen molar-refractivity contribution in [1.29, 1.82) is 0 Å². The van der Waals surface area contributed by atoms with Gasteiger partial charge in [0.15, 0.2) is 5.69 Å². The molecule has 36 heavy (non-hydrogen) atoms. The number of alkyl halides is 2. The first kappa shape index (κ1) is 25.6. The lowest BCUT2D eigenvalue weighted by molar-refractivity contribution is 0.0631. The SMILES string of the molecule is CCC(C)C=NC1=C(C)CCN(C(=O)c2oc([C@@H](C)O)nc2C(F)F)[C@H]1c1ccc2ccccc2n1. The standard InChI is InChI=1S/C27H30F2N4O3/c1-5-15(2)14-30-21-16(3)12-13-33(23(21)20-11-10-18-8-6-7-9-19(18)31-20)27(35)24-22(25(28)29)32-26(36-24)17(4)34/h6-11,14-15,17,23,25,34H,5,12-13H2,1-4H3/t15?,17-,23+/m1/s1. The van der Waals surface area contributed by atoms with Crippen molar-refractivity contribution in [2.45, 2.75) is 59.1 Å². The van der Waals surface area contributed by atoms with Gasteiger partial charge in [0.25, 0.3) is 12.3 Å². The molecule has 190 valence electrons. The van der Waals surface area contributed by atoms with Crippen LogP contribution < -0.4 is 0 Å². The van der Waals surface area contributed by atoms with E-state index in [4.69, 9.17) is 14.4 Å². The molecule has 0 fully saturated rings. The number of carbonyl (C=O) groups is 1. The summed E-state index contributed by atoms with van der Waals surface area (Å²) in [5.74, 6) is -1.42. The molecule has 7 nitrogen and oxygen atoms in total. The zero-order valence-electron chi connectivity index (χ0n) is 20.8. The van der Waals surface area contributed by atoms with Crippen LogP contribution in [0.5, 0.6) is 0 Å². The Morgan fingerprint density at radius 3 is 2.69 bits per heavy atom. The van der Waals surface area contributed by atoms with Crippen LogP contribution in [-0.2, 0) is 0 Å². The van der Waals surface area contributed by atoms with Crippen molar-refractivity contribution in [3.63, 3.8) is 0 Å². The van der Waals surface area contributed by atoms with Gasteiger partial charge in [0, 0.05) is 18.1 Å². The molecule has 0 bridgehead atoms. The molecule has 0 saturated heterocycles. The van der Waals surface area contributed by atoms with Crippen LogP contribution in [-0.4, -0.2) is 38.6 Å². The summed E-state index contributed by atoms with van der Waals surface area (Å²) in [6, 6.07) is 10.7. The summed E-state index contributed by atoms with van der Waals surface area (Å²) in [6.45, 7) is 7.68. The lowest BCUT2D eigenvalue weighted by Crippen LogP contribution is -2.40. The van der Waals surface area contributed by atoms with Crippen molar-refractivity contribution in [1.82, 2.24) is 14.9 Å². The molecule has 3 heterocycles. The number of aliphatic imine (C=N–C) groups is 1. The van der Waals surface area contributed by atoms with Gasteiger partial charge in [0.05, 0.1) is 16.9 Å². The minimum Gasteiger partial charge on any atom is -0.432 e. The molecule has 1 N–H and O–H groups in total. The quantitative estimate of drug-likeness (QED) is 0.394. The number of carbonyl (C=O) groups excluding carboxylic acids is 1. The van der Waals surface area contributed by atoms with E-state index in [2.05, 4.69) is 18.8 Å². The van der Waals surface area contributed by atoms with Crippen LogP contribution in [0.2, 0.25) is 0 Å². The fourth-order valence-corrected chi connectivity index (χ4v) is 4.13. The fraction of sp³-hybridized carbons (Fsp3) is 0.407. The van der Waals surface area contributed by atoms with Crippen LogP contribution in [0.15, 0.2) is 57.1 Å². The molecule has 3 atom stereocenters. The number of hydrogen-bond acceptors (Lipinski definition) is 6. The molecule has 1 aromatic carbocycles. The number of amides is 1. The van der Waals surface area contributed by atoms with Crippen LogP contribution in [0.1, 0.15) is 86.9 Å². The van der Waals surface area contributed by atoms with Gasteiger partial charge in [0.2, 0.25) is 11.7 Å². The minimum absolute atomic E-state index is 0.218. The largest absolute Gasteiger partial charge is 0.432 e. The molecular weight excluding hydrogens is 466 g/mol. The van der Waals surface area contributed by atoms with Crippen molar-refractivity contribution in [3.8, 4) is 0 Å². The molecule has 9 heteroatoms. The summed E-state index contributed by atoms with van der Waals surface area (Å²) in [4.78, 5) is 28.5. The van der Waals surface area contributed by atoms with Gasteiger partial charge in [-0.05, 0) is 50.3 Å². The zero-order valence-corrected chi connectivity index (χ0v) is 20.8. The van der Waals surface area contributed by atoms with E-state index in [9.17, 15) is 18.7 Å². The third kappa shape index (κ3) is 5.06. The molecule has 1 amide bonds. The first-order chi connectivity index (χ1) is 17.2. The van der Waals surface area contributed by atoms with E-state index in [-0.39, 0.29) is 18.4 Å². The number of benzene rings is 1. The average Bonchev–Trinajstić information content (AvgIpc) is 3.33. The van der Waals surface area contributed by atoms with E-state index < -0.39 is 35.9 Å². The summed E-state index contributed by atoms with van der Waals surface area (Å²) in [6.07, 6.45) is -1.01. The topological polar surface area (TPSA) is 91.8 Å². The Morgan fingerprint density at radius 2 is 2.00 bits per heavy atom. The highest BCUT2D eigenvalue weighted by Gasteiger charge is 2.38. The number of aliphatic hydroxyl groups excluding tert-OH is 1. The van der Waals surface area contributed by atoms with Crippen molar-refractivity contribution in [3.05, 3.63) is 70.7 Å². The summed E-state index contributed by atoms with van der Waals surface area (Å²) in [5, 5.41) is 10.8. The summed E-state index contributed by atoms with van der Waals surface area (Å²) >= 11 is 0. The lowest BCUT2D eigenvalue weighted by Gasteiger charge is -2.36. The molecule has 0 spiro atoms. The number of hydrogen-bond donors (Lipinski definition) is 1. The third-order valence-corrected chi connectivity index (χ3v) is 6.44. The number of oxazole rings is 1. The van der Waals surface area contributed by atoms with Gasteiger partial charge in [-0.15, -0.1) is 0 Å². The lowest BCUT2D eigenvalue weighted by atomic mass is 9.95. The number of fused-ring (bicyclic) bond motifs is 1. The molecule has 4 rings (SSSR count). The Balaban J connectivity index is 1.85. The van der Waals surface area contributed by atoms with Gasteiger partial charge in [0.1, 0.15) is 12.1 Å². The van der Waals surface area contributed by atoms with E-state index in [1.807, 2.05) is 49.5 Å². The first-order valence-corrected chi connectivity index (χ1v) is 12.1. The average molecular weight is 497 g/mol. The maximum atomic E-state index is 13.8. The highest BCUT2D eigenvalue weighted by molar-refractivity contribution is 5.93. The van der Waals surface area contributed by atoms with Gasteiger partial charge in [-0.3, -0.25) is 14.8 Å². The minimum atomic E-state index is -3.04. The van der Waals surface area contributed by atoms with Crippen molar-refractivity contribution in [2.75, 3.05) is 6.54 Å². The number of para-hydroxylation sites is 1. The van der Waals surface area contributed by atoms with Crippen LogP contribution in [0.3, 0.4) is 0 Å². The smallest absolute Gasteiger partial charge is 0.292 e. The predicted molar refractivity (Wildman–Crippen MR) is 133 cm³/mol. The third-order valence-electron chi connectivity index (χ3n) is 6.44. The van der Waals surface area contributed by atoms with Crippen LogP contribution in [0.4, 0.5) is 8.78 Å². The first-order valence-electron chi connectivity index (χ1n) is 12.1. The van der Waals surface area contributed by atoms with E-state index in [0.29, 0.717) is 17.8 Å². The Morgan fingerprint density at radius 1 is 1.25 bits per heavy atom. The molecule has 0 aliphatic carbocycles. The molecule has 1 unspecified atom stereocenters. The normalized spacial score (nSPS) is 18.4. The Bertz CT molecular complexity index is 1320. The van der Waals surface area contributed by atoms with Gasteiger partial charge >= 0.3 is 0 Å².